The summed E-state index contributed by atoms with van der Waals surface area (Å²) in [4.78, 5) is 16.0. The lowest BCUT2D eigenvalue weighted by atomic mass is 9.96. The number of rotatable bonds is 7. The van der Waals surface area contributed by atoms with Crippen molar-refractivity contribution in [1.29, 1.82) is 0 Å². The Morgan fingerprint density at radius 3 is 2.63 bits per heavy atom. The third-order valence-corrected chi connectivity index (χ3v) is 5.24. The van der Waals surface area contributed by atoms with Crippen LogP contribution >= 0.6 is 23.2 Å². The van der Waals surface area contributed by atoms with E-state index in [9.17, 15) is 9.90 Å². The standard InChI is InChI=1S/C22H23Cl2N3O3/c1-14(2)17-9-15(3-4-21(17)28)10-18-19(23)11-16(12-20(18)24)30-13-22(29)26-27-7-5-25-6-8-27/h3-7,9,11-12,14,28H,8,10,13H2,1-2H3,(H,26,29). The summed E-state index contributed by atoms with van der Waals surface area (Å²) in [6.07, 6.45) is 5.44. The van der Waals surface area contributed by atoms with Gasteiger partial charge in [0.1, 0.15) is 11.5 Å². The molecule has 1 aliphatic rings. The van der Waals surface area contributed by atoms with Crippen molar-refractivity contribution in [3.05, 3.63) is 69.5 Å². The van der Waals surface area contributed by atoms with E-state index < -0.39 is 0 Å². The Kier molecular flexibility index (Phi) is 7.24. The summed E-state index contributed by atoms with van der Waals surface area (Å²) in [5.74, 6) is 0.579. The number of carbonyl (C=O) groups excluding carboxylic acids is 1. The Morgan fingerprint density at radius 1 is 1.27 bits per heavy atom. The molecular weight excluding hydrogens is 425 g/mol. The van der Waals surface area contributed by atoms with Crippen molar-refractivity contribution in [3.63, 3.8) is 0 Å². The zero-order valence-corrected chi connectivity index (χ0v) is 18.2. The first-order valence-corrected chi connectivity index (χ1v) is 10.3. The van der Waals surface area contributed by atoms with E-state index in [0.29, 0.717) is 28.8 Å². The van der Waals surface area contributed by atoms with E-state index in [0.717, 1.165) is 16.7 Å². The molecule has 2 N–H and O–H groups in total. The predicted octanol–water partition coefficient (Wildman–Crippen LogP) is 4.68. The van der Waals surface area contributed by atoms with Gasteiger partial charge >= 0.3 is 0 Å². The quantitative estimate of drug-likeness (QED) is 0.645. The van der Waals surface area contributed by atoms with Crippen LogP contribution < -0.4 is 10.2 Å². The molecule has 6 nitrogen and oxygen atoms in total. The molecule has 0 saturated heterocycles. The summed E-state index contributed by atoms with van der Waals surface area (Å²) in [5.41, 5.74) is 5.31. The highest BCUT2D eigenvalue weighted by Gasteiger charge is 2.14. The molecule has 0 radical (unpaired) electrons. The molecule has 0 saturated carbocycles. The van der Waals surface area contributed by atoms with Crippen LogP contribution in [0, 0.1) is 0 Å². The summed E-state index contributed by atoms with van der Waals surface area (Å²) >= 11 is 12.9. The van der Waals surface area contributed by atoms with Crippen LogP contribution in [0.4, 0.5) is 0 Å². The zero-order valence-electron chi connectivity index (χ0n) is 16.7. The molecule has 158 valence electrons. The van der Waals surface area contributed by atoms with E-state index in [-0.39, 0.29) is 24.2 Å². The molecule has 1 amide bonds. The monoisotopic (exact) mass is 447 g/mol. The largest absolute Gasteiger partial charge is 0.508 e. The molecule has 0 spiro atoms. The lowest BCUT2D eigenvalue weighted by Gasteiger charge is -2.20. The number of nitrogens with one attached hydrogen (secondary N) is 1. The third-order valence-electron chi connectivity index (χ3n) is 4.56. The Balaban J connectivity index is 1.65. The number of carbonyl (C=O) groups is 1. The van der Waals surface area contributed by atoms with Gasteiger partial charge in [-0.05, 0) is 40.8 Å². The second-order valence-electron chi connectivity index (χ2n) is 7.20. The first-order valence-electron chi connectivity index (χ1n) is 9.50. The Bertz CT molecular complexity index is 967. The molecule has 30 heavy (non-hydrogen) atoms. The Morgan fingerprint density at radius 2 is 2.00 bits per heavy atom. The van der Waals surface area contributed by atoms with Crippen molar-refractivity contribution in [1.82, 2.24) is 10.4 Å². The topological polar surface area (TPSA) is 74.2 Å². The summed E-state index contributed by atoms with van der Waals surface area (Å²) in [5, 5.41) is 12.5. The van der Waals surface area contributed by atoms with Gasteiger partial charge in [0, 0.05) is 35.1 Å². The van der Waals surface area contributed by atoms with Crippen molar-refractivity contribution in [2.24, 2.45) is 4.99 Å². The maximum absolute atomic E-state index is 12.0. The van der Waals surface area contributed by atoms with Gasteiger partial charge in [0.15, 0.2) is 6.61 Å². The minimum absolute atomic E-state index is 0.177. The van der Waals surface area contributed by atoms with Crippen molar-refractivity contribution in [2.75, 3.05) is 13.2 Å². The average Bonchev–Trinajstić information content (AvgIpc) is 2.71. The molecule has 8 heteroatoms. The number of halogens is 2. The van der Waals surface area contributed by atoms with Gasteiger partial charge in [-0.1, -0.05) is 49.2 Å². The highest BCUT2D eigenvalue weighted by Crippen LogP contribution is 2.33. The predicted molar refractivity (Wildman–Crippen MR) is 119 cm³/mol. The number of nitrogens with zero attached hydrogens (tertiary/aromatic N) is 2. The summed E-state index contributed by atoms with van der Waals surface area (Å²) < 4.78 is 5.54. The number of aromatic hydroxyl groups is 1. The number of hydrazine groups is 1. The van der Waals surface area contributed by atoms with Crippen LogP contribution in [0.25, 0.3) is 0 Å². The summed E-state index contributed by atoms with van der Waals surface area (Å²) in [6, 6.07) is 8.79. The highest BCUT2D eigenvalue weighted by atomic mass is 35.5. The molecule has 0 fully saturated rings. The highest BCUT2D eigenvalue weighted by molar-refractivity contribution is 6.36. The second-order valence-corrected chi connectivity index (χ2v) is 8.01. The Labute approximate surface area is 185 Å². The molecule has 0 aromatic heterocycles. The smallest absolute Gasteiger partial charge is 0.276 e. The van der Waals surface area contributed by atoms with E-state index in [1.807, 2.05) is 26.0 Å². The van der Waals surface area contributed by atoms with E-state index in [2.05, 4.69) is 10.4 Å². The fourth-order valence-electron chi connectivity index (χ4n) is 3.01. The normalized spacial score (nSPS) is 13.0. The van der Waals surface area contributed by atoms with Crippen LogP contribution in [0.5, 0.6) is 11.5 Å². The maximum Gasteiger partial charge on any atom is 0.276 e. The minimum atomic E-state index is -0.309. The molecular formula is C22H23Cl2N3O3. The van der Waals surface area contributed by atoms with Crippen molar-refractivity contribution < 1.29 is 14.6 Å². The number of amides is 1. The molecule has 2 aromatic carbocycles. The lowest BCUT2D eigenvalue weighted by Crippen LogP contribution is -2.42. The van der Waals surface area contributed by atoms with Gasteiger partial charge in [0.2, 0.25) is 0 Å². The molecule has 0 atom stereocenters. The van der Waals surface area contributed by atoms with Crippen LogP contribution in [-0.2, 0) is 11.2 Å². The van der Waals surface area contributed by atoms with Gasteiger partial charge in [-0.15, -0.1) is 0 Å². The minimum Gasteiger partial charge on any atom is -0.508 e. The second kappa shape index (κ2) is 9.87. The van der Waals surface area contributed by atoms with E-state index in [4.69, 9.17) is 27.9 Å². The van der Waals surface area contributed by atoms with Crippen molar-refractivity contribution in [3.8, 4) is 11.5 Å². The van der Waals surface area contributed by atoms with Gasteiger partial charge in [0.05, 0.1) is 6.54 Å². The molecule has 0 bridgehead atoms. The average molecular weight is 448 g/mol. The lowest BCUT2D eigenvalue weighted by molar-refractivity contribution is -0.126. The van der Waals surface area contributed by atoms with Gasteiger partial charge in [-0.3, -0.25) is 20.2 Å². The summed E-state index contributed by atoms with van der Waals surface area (Å²) in [7, 11) is 0. The fourth-order valence-corrected chi connectivity index (χ4v) is 3.61. The van der Waals surface area contributed by atoms with E-state index >= 15 is 0 Å². The molecule has 2 aromatic rings. The zero-order chi connectivity index (χ0) is 21.7. The van der Waals surface area contributed by atoms with Gasteiger partial charge in [-0.2, -0.15) is 0 Å². The summed E-state index contributed by atoms with van der Waals surface area (Å²) in [6.45, 7) is 4.36. The van der Waals surface area contributed by atoms with Gasteiger partial charge < -0.3 is 9.84 Å². The van der Waals surface area contributed by atoms with E-state index in [1.165, 1.54) is 0 Å². The van der Waals surface area contributed by atoms with Crippen LogP contribution in [0.1, 0.15) is 36.5 Å². The molecule has 1 heterocycles. The van der Waals surface area contributed by atoms with Crippen LogP contribution in [0.3, 0.4) is 0 Å². The fraction of sp³-hybridized carbons (Fsp3) is 0.273. The van der Waals surface area contributed by atoms with Gasteiger partial charge in [-0.25, -0.2) is 0 Å². The van der Waals surface area contributed by atoms with Crippen LogP contribution in [0.2, 0.25) is 10.0 Å². The number of phenols is 1. The Hall–Kier alpha value is -2.70. The molecule has 0 aliphatic carbocycles. The van der Waals surface area contributed by atoms with Crippen molar-refractivity contribution in [2.45, 2.75) is 26.2 Å². The number of phenolic OH excluding ortho intramolecular Hbond substituents is 1. The van der Waals surface area contributed by atoms with E-state index in [1.54, 1.807) is 41.8 Å². The number of ether oxygens (including phenoxy) is 1. The molecule has 0 unspecified atom stereocenters. The number of hydrogen-bond acceptors (Lipinski definition) is 5. The first kappa shape index (κ1) is 22.0. The maximum atomic E-state index is 12.0. The van der Waals surface area contributed by atoms with Crippen LogP contribution in [-0.4, -0.2) is 35.4 Å². The SMILES string of the molecule is CC(C)c1cc(Cc2c(Cl)cc(OCC(=O)NN3C=CN=CC3)cc2Cl)ccc1O. The number of aliphatic imine (C=N–C) groups is 1. The van der Waals surface area contributed by atoms with Crippen molar-refractivity contribution >= 4 is 35.3 Å². The molecule has 1 aliphatic heterocycles. The third kappa shape index (κ3) is 5.68. The molecule has 3 rings (SSSR count). The number of hydrogen-bond donors (Lipinski definition) is 2. The van der Waals surface area contributed by atoms with Gasteiger partial charge in [0.25, 0.3) is 5.91 Å². The number of benzene rings is 2. The van der Waals surface area contributed by atoms with Crippen LogP contribution in [0.15, 0.2) is 47.7 Å². The first-order chi connectivity index (χ1) is 14.3.